The number of hydrogen-bond donors (Lipinski definition) is 3. The summed E-state index contributed by atoms with van der Waals surface area (Å²) in [6.07, 6.45) is 13.1. The van der Waals surface area contributed by atoms with Gasteiger partial charge in [0.2, 0.25) is 0 Å². The van der Waals surface area contributed by atoms with Crippen LogP contribution in [0.25, 0.3) is 6.08 Å². The summed E-state index contributed by atoms with van der Waals surface area (Å²) in [7, 11) is 0. The molecule has 6 heteroatoms. The van der Waals surface area contributed by atoms with Gasteiger partial charge in [-0.05, 0) is 139 Å². The molecule has 0 amide bonds. The molecule has 10 atom stereocenters. The SMILES string of the molecule is CC1(C)CC[C@]2(C)CC[C@]3(C)[C@H]4CC[C@@]5(C)[C@@H](CC[C@H](O)[C@@H]5COC(=O)/C=C/c5ccc(O)cc5)[C@]4(C)CC[C@@]3(C(=O)O)[C@@H]2C1. The molecular weight excluding hydrogens is 564 g/mol. The van der Waals surface area contributed by atoms with Gasteiger partial charge in [-0.1, -0.05) is 53.7 Å². The minimum Gasteiger partial charge on any atom is -0.508 e. The molecule has 0 unspecified atom stereocenters. The second-order valence-electron chi connectivity index (χ2n) is 17.7. The molecule has 0 spiro atoms. The first-order valence-corrected chi connectivity index (χ1v) is 17.6. The Labute approximate surface area is 270 Å². The van der Waals surface area contributed by atoms with Gasteiger partial charge >= 0.3 is 11.9 Å². The van der Waals surface area contributed by atoms with E-state index in [9.17, 15) is 24.9 Å². The number of phenolic OH excluding ortho intramolecular Hbond substituents is 1. The molecule has 0 bridgehead atoms. The number of carboxylic acid groups (broad SMARTS) is 1. The molecule has 5 saturated carbocycles. The molecule has 248 valence electrons. The summed E-state index contributed by atoms with van der Waals surface area (Å²) < 4.78 is 5.81. The molecule has 6 rings (SSSR count). The number of hydrogen-bond acceptors (Lipinski definition) is 5. The van der Waals surface area contributed by atoms with Gasteiger partial charge in [0.05, 0.1) is 18.1 Å². The topological polar surface area (TPSA) is 104 Å². The van der Waals surface area contributed by atoms with E-state index in [0.29, 0.717) is 18.3 Å². The number of aliphatic hydroxyl groups is 1. The van der Waals surface area contributed by atoms with Crippen LogP contribution >= 0.6 is 0 Å². The Balaban J connectivity index is 1.26. The van der Waals surface area contributed by atoms with E-state index >= 15 is 0 Å². The van der Waals surface area contributed by atoms with Crippen molar-refractivity contribution in [3.63, 3.8) is 0 Å². The lowest BCUT2D eigenvalue weighted by atomic mass is 9.29. The lowest BCUT2D eigenvalue weighted by Gasteiger charge is -2.74. The number of esters is 1. The van der Waals surface area contributed by atoms with E-state index in [4.69, 9.17) is 4.74 Å². The van der Waals surface area contributed by atoms with E-state index in [1.807, 2.05) is 0 Å². The number of rotatable bonds is 5. The summed E-state index contributed by atoms with van der Waals surface area (Å²) in [6.45, 7) is 14.4. The number of aromatic hydroxyl groups is 1. The third kappa shape index (κ3) is 4.90. The predicted molar refractivity (Wildman–Crippen MR) is 175 cm³/mol. The van der Waals surface area contributed by atoms with Crippen molar-refractivity contribution in [1.29, 1.82) is 0 Å². The average molecular weight is 621 g/mol. The van der Waals surface area contributed by atoms with Gasteiger partial charge in [0.25, 0.3) is 0 Å². The number of carbonyl (C=O) groups excluding carboxylic acids is 1. The Hall–Kier alpha value is -2.34. The van der Waals surface area contributed by atoms with Gasteiger partial charge in [-0.2, -0.15) is 0 Å². The zero-order valence-corrected chi connectivity index (χ0v) is 28.4. The summed E-state index contributed by atoms with van der Waals surface area (Å²) in [4.78, 5) is 26.5. The van der Waals surface area contributed by atoms with Crippen molar-refractivity contribution in [2.75, 3.05) is 6.61 Å². The van der Waals surface area contributed by atoms with Crippen LogP contribution in [0.2, 0.25) is 0 Å². The smallest absolute Gasteiger partial charge is 0.330 e. The zero-order valence-electron chi connectivity index (χ0n) is 28.4. The fourth-order valence-electron chi connectivity index (χ4n) is 12.5. The molecule has 0 saturated heterocycles. The molecule has 3 N–H and O–H groups in total. The van der Waals surface area contributed by atoms with Crippen molar-refractivity contribution in [2.45, 2.75) is 118 Å². The molecule has 0 radical (unpaired) electrons. The first kappa shape index (κ1) is 32.6. The van der Waals surface area contributed by atoms with Crippen molar-refractivity contribution in [3.05, 3.63) is 35.9 Å². The predicted octanol–water partition coefficient (Wildman–Crippen LogP) is 8.26. The highest BCUT2D eigenvalue weighted by molar-refractivity contribution is 5.87. The Kier molecular flexibility index (Phi) is 7.86. The number of ether oxygens (including phenoxy) is 1. The molecule has 1 aromatic rings. The van der Waals surface area contributed by atoms with Gasteiger partial charge in [0.1, 0.15) is 5.75 Å². The highest BCUT2D eigenvalue weighted by Gasteiger charge is 2.75. The Morgan fingerprint density at radius 1 is 0.822 bits per heavy atom. The van der Waals surface area contributed by atoms with Crippen LogP contribution in [0.1, 0.15) is 118 Å². The first-order valence-electron chi connectivity index (χ1n) is 17.6. The van der Waals surface area contributed by atoms with Crippen LogP contribution < -0.4 is 0 Å². The van der Waals surface area contributed by atoms with E-state index in [0.717, 1.165) is 63.4 Å². The highest BCUT2D eigenvalue weighted by Crippen LogP contribution is 2.78. The number of carboxylic acids is 1. The maximum atomic E-state index is 13.8. The second-order valence-corrected chi connectivity index (χ2v) is 17.7. The maximum absolute atomic E-state index is 13.8. The van der Waals surface area contributed by atoms with E-state index in [-0.39, 0.29) is 51.3 Å². The lowest BCUT2D eigenvalue weighted by Crippen LogP contribution is -2.70. The third-order valence-electron chi connectivity index (χ3n) is 15.1. The zero-order chi connectivity index (χ0) is 32.6. The number of aliphatic hydroxyl groups excluding tert-OH is 1. The molecular formula is C39H56O6. The highest BCUT2D eigenvalue weighted by atomic mass is 16.5. The lowest BCUT2D eigenvalue weighted by molar-refractivity contribution is -0.269. The minimum absolute atomic E-state index is 0.0280. The Morgan fingerprint density at radius 3 is 2.20 bits per heavy atom. The summed E-state index contributed by atoms with van der Waals surface area (Å²) in [5, 5.41) is 32.2. The normalized spacial score (nSPS) is 45.4. The molecule has 5 aliphatic carbocycles. The van der Waals surface area contributed by atoms with Crippen molar-refractivity contribution < 1.29 is 29.6 Å². The van der Waals surface area contributed by atoms with Crippen molar-refractivity contribution >= 4 is 18.0 Å². The van der Waals surface area contributed by atoms with E-state index in [1.165, 1.54) is 12.5 Å². The largest absolute Gasteiger partial charge is 0.508 e. The van der Waals surface area contributed by atoms with Gasteiger partial charge < -0.3 is 20.1 Å². The molecule has 5 aliphatic rings. The van der Waals surface area contributed by atoms with Crippen LogP contribution in [0.5, 0.6) is 5.75 Å². The van der Waals surface area contributed by atoms with Crippen LogP contribution in [0, 0.1) is 56.2 Å². The van der Waals surface area contributed by atoms with Crippen molar-refractivity contribution in [1.82, 2.24) is 0 Å². The molecule has 0 aromatic heterocycles. The number of benzene rings is 1. The molecule has 5 fully saturated rings. The first-order chi connectivity index (χ1) is 21.0. The number of phenols is 1. The summed E-state index contributed by atoms with van der Waals surface area (Å²) >= 11 is 0. The maximum Gasteiger partial charge on any atom is 0.330 e. The van der Waals surface area contributed by atoms with Crippen LogP contribution in [0.15, 0.2) is 30.3 Å². The average Bonchev–Trinajstić information content (AvgIpc) is 2.96. The molecule has 45 heavy (non-hydrogen) atoms. The summed E-state index contributed by atoms with van der Waals surface area (Å²) in [6, 6.07) is 6.63. The summed E-state index contributed by atoms with van der Waals surface area (Å²) in [5.41, 5.74) is -0.154. The molecule has 1 aromatic carbocycles. The number of fused-ring (bicyclic) bond motifs is 7. The van der Waals surface area contributed by atoms with Crippen molar-refractivity contribution in [2.24, 2.45) is 56.2 Å². The third-order valence-corrected chi connectivity index (χ3v) is 15.1. The quantitative estimate of drug-likeness (QED) is 0.226. The van der Waals surface area contributed by atoms with Gasteiger partial charge in [-0.15, -0.1) is 0 Å². The standard InChI is InChI=1S/C39H56O6/c1-34(2)17-18-35(3)19-21-38(6)30-15-16-36(4)27(24-45-32(42)14-9-25-7-10-26(40)11-8-25)28(41)12-13-29(36)37(30,5)20-22-39(38,33(43)44)31(35)23-34/h7-11,14,27-31,40-41H,12-13,15-24H2,1-6H3,(H,43,44)/b14-9+/t27-,28-,29+,30-,31+,35+,36+,37-,38+,39-/m0/s1. The van der Waals surface area contributed by atoms with E-state index in [2.05, 4.69) is 41.5 Å². The number of aliphatic carboxylic acids is 1. The molecule has 0 heterocycles. The van der Waals surface area contributed by atoms with Crippen LogP contribution in [0.3, 0.4) is 0 Å². The number of carbonyl (C=O) groups is 2. The Bertz CT molecular complexity index is 1350. The van der Waals surface area contributed by atoms with E-state index < -0.39 is 23.5 Å². The van der Waals surface area contributed by atoms with Gasteiger partial charge in [-0.25, -0.2) is 4.79 Å². The van der Waals surface area contributed by atoms with Crippen LogP contribution in [-0.2, 0) is 14.3 Å². The monoisotopic (exact) mass is 620 g/mol. The van der Waals surface area contributed by atoms with Gasteiger partial charge in [0.15, 0.2) is 0 Å². The van der Waals surface area contributed by atoms with Crippen LogP contribution in [0.4, 0.5) is 0 Å². The second kappa shape index (κ2) is 10.9. The fourth-order valence-corrected chi connectivity index (χ4v) is 12.5. The van der Waals surface area contributed by atoms with Gasteiger partial charge in [-0.3, -0.25) is 4.79 Å². The van der Waals surface area contributed by atoms with Crippen molar-refractivity contribution in [3.8, 4) is 5.75 Å². The molecule has 6 nitrogen and oxygen atoms in total. The van der Waals surface area contributed by atoms with E-state index in [1.54, 1.807) is 30.3 Å². The van der Waals surface area contributed by atoms with Gasteiger partial charge in [0, 0.05) is 12.0 Å². The van der Waals surface area contributed by atoms with Crippen LogP contribution in [-0.4, -0.2) is 40.0 Å². The Morgan fingerprint density at radius 2 is 1.51 bits per heavy atom. The molecule has 0 aliphatic heterocycles. The fraction of sp³-hybridized carbons (Fsp3) is 0.744. The minimum atomic E-state index is -0.706. The summed E-state index contributed by atoms with van der Waals surface area (Å²) in [5.74, 6) is -0.133.